The van der Waals surface area contributed by atoms with Crippen LogP contribution >= 0.6 is 0 Å². The number of carbonyl (C=O) groups is 1. The molecule has 27 heavy (non-hydrogen) atoms. The normalized spacial score (nSPS) is 10.6. The van der Waals surface area contributed by atoms with Crippen LogP contribution in [0.3, 0.4) is 0 Å². The van der Waals surface area contributed by atoms with Crippen molar-refractivity contribution in [3.8, 4) is 17.2 Å². The lowest BCUT2D eigenvalue weighted by atomic mass is 10.1. The van der Waals surface area contributed by atoms with Gasteiger partial charge in [-0.1, -0.05) is 23.8 Å². The standard InChI is InChI=1S/C20H23F2NO4/c1-12-7-13(2)19(14(3)8-12)26-11-18(24)23-10-15-5-6-16(27-20(21)22)17(9-15)25-4/h5-9,20H,10-11H2,1-4H3,(H,23,24). The molecule has 0 aliphatic carbocycles. The van der Waals surface area contributed by atoms with Crippen molar-refractivity contribution >= 4 is 5.91 Å². The number of alkyl halides is 2. The summed E-state index contributed by atoms with van der Waals surface area (Å²) in [6, 6.07) is 8.48. The molecule has 0 aromatic heterocycles. The lowest BCUT2D eigenvalue weighted by Crippen LogP contribution is -2.28. The maximum Gasteiger partial charge on any atom is 0.387 e. The number of aryl methyl sites for hydroxylation is 3. The molecule has 1 N–H and O–H groups in total. The van der Waals surface area contributed by atoms with Crippen LogP contribution in [0.25, 0.3) is 0 Å². The van der Waals surface area contributed by atoms with Crippen molar-refractivity contribution in [1.29, 1.82) is 0 Å². The number of ether oxygens (including phenoxy) is 3. The molecule has 2 rings (SSSR count). The second kappa shape index (κ2) is 9.21. The van der Waals surface area contributed by atoms with Crippen LogP contribution in [0.4, 0.5) is 8.78 Å². The molecule has 0 saturated carbocycles. The first-order chi connectivity index (χ1) is 12.8. The van der Waals surface area contributed by atoms with E-state index in [0.29, 0.717) is 11.3 Å². The molecule has 5 nitrogen and oxygen atoms in total. The van der Waals surface area contributed by atoms with Crippen LogP contribution in [0.5, 0.6) is 17.2 Å². The van der Waals surface area contributed by atoms with Crippen molar-refractivity contribution in [2.75, 3.05) is 13.7 Å². The summed E-state index contributed by atoms with van der Waals surface area (Å²) < 4.78 is 39.7. The molecule has 0 aliphatic heterocycles. The van der Waals surface area contributed by atoms with E-state index in [1.807, 2.05) is 32.9 Å². The molecule has 146 valence electrons. The minimum Gasteiger partial charge on any atom is -0.493 e. The predicted molar refractivity (Wildman–Crippen MR) is 97.6 cm³/mol. The molecular weight excluding hydrogens is 356 g/mol. The van der Waals surface area contributed by atoms with E-state index in [4.69, 9.17) is 9.47 Å². The van der Waals surface area contributed by atoms with Gasteiger partial charge in [0.05, 0.1) is 7.11 Å². The zero-order chi connectivity index (χ0) is 20.0. The van der Waals surface area contributed by atoms with E-state index in [2.05, 4.69) is 10.1 Å². The molecule has 0 bridgehead atoms. The molecule has 1 amide bonds. The fourth-order valence-electron chi connectivity index (χ4n) is 2.80. The molecule has 0 radical (unpaired) electrons. The molecule has 0 atom stereocenters. The summed E-state index contributed by atoms with van der Waals surface area (Å²) in [6.07, 6.45) is 0. The van der Waals surface area contributed by atoms with Crippen LogP contribution in [-0.2, 0) is 11.3 Å². The van der Waals surface area contributed by atoms with Gasteiger partial charge in [0.25, 0.3) is 5.91 Å². The largest absolute Gasteiger partial charge is 0.493 e. The molecule has 0 spiro atoms. The van der Waals surface area contributed by atoms with Crippen LogP contribution in [0, 0.1) is 20.8 Å². The van der Waals surface area contributed by atoms with E-state index in [-0.39, 0.29) is 30.6 Å². The highest BCUT2D eigenvalue weighted by Gasteiger charge is 2.12. The van der Waals surface area contributed by atoms with E-state index < -0.39 is 6.61 Å². The number of carbonyl (C=O) groups excluding carboxylic acids is 1. The monoisotopic (exact) mass is 379 g/mol. The summed E-state index contributed by atoms with van der Waals surface area (Å²) in [5.41, 5.74) is 3.76. The Morgan fingerprint density at radius 2 is 1.74 bits per heavy atom. The number of hydrogen-bond acceptors (Lipinski definition) is 4. The molecule has 2 aromatic rings. The fourth-order valence-corrected chi connectivity index (χ4v) is 2.80. The third kappa shape index (κ3) is 5.84. The Bertz CT molecular complexity index is 786. The van der Waals surface area contributed by atoms with E-state index in [9.17, 15) is 13.6 Å². The van der Waals surface area contributed by atoms with Crippen LogP contribution in [0.15, 0.2) is 30.3 Å². The number of amides is 1. The van der Waals surface area contributed by atoms with Crippen LogP contribution < -0.4 is 19.5 Å². The predicted octanol–water partition coefficient (Wildman–Crippen LogP) is 3.92. The van der Waals surface area contributed by atoms with Crippen LogP contribution in [0.1, 0.15) is 22.3 Å². The van der Waals surface area contributed by atoms with E-state index in [0.717, 1.165) is 16.7 Å². The van der Waals surface area contributed by atoms with Gasteiger partial charge in [0, 0.05) is 6.54 Å². The number of rotatable bonds is 8. The molecule has 7 heteroatoms. The van der Waals surface area contributed by atoms with Gasteiger partial charge in [-0.3, -0.25) is 4.79 Å². The SMILES string of the molecule is COc1cc(CNC(=O)COc2c(C)cc(C)cc2C)ccc1OC(F)F. The Morgan fingerprint density at radius 3 is 2.33 bits per heavy atom. The van der Waals surface area contributed by atoms with Crippen molar-refractivity contribution in [2.24, 2.45) is 0 Å². The highest BCUT2D eigenvalue weighted by molar-refractivity contribution is 5.77. The zero-order valence-corrected chi connectivity index (χ0v) is 15.8. The summed E-state index contributed by atoms with van der Waals surface area (Å²) >= 11 is 0. The molecule has 0 saturated heterocycles. The second-order valence-corrected chi connectivity index (χ2v) is 6.16. The first-order valence-electron chi connectivity index (χ1n) is 8.39. The summed E-state index contributed by atoms with van der Waals surface area (Å²) in [5, 5.41) is 2.72. The van der Waals surface area contributed by atoms with Crippen LogP contribution in [0.2, 0.25) is 0 Å². The summed E-state index contributed by atoms with van der Waals surface area (Å²) in [5.74, 6) is 0.521. The third-order valence-corrected chi connectivity index (χ3v) is 3.89. The summed E-state index contributed by atoms with van der Waals surface area (Å²) in [4.78, 5) is 12.1. The van der Waals surface area contributed by atoms with Crippen molar-refractivity contribution in [1.82, 2.24) is 5.32 Å². The smallest absolute Gasteiger partial charge is 0.387 e. The molecule has 0 unspecified atom stereocenters. The molecule has 2 aromatic carbocycles. The van der Waals surface area contributed by atoms with Gasteiger partial charge in [-0.15, -0.1) is 0 Å². The third-order valence-electron chi connectivity index (χ3n) is 3.89. The van der Waals surface area contributed by atoms with E-state index in [1.54, 1.807) is 6.07 Å². The second-order valence-electron chi connectivity index (χ2n) is 6.16. The van der Waals surface area contributed by atoms with Crippen molar-refractivity contribution < 1.29 is 27.8 Å². The molecular formula is C20H23F2NO4. The lowest BCUT2D eigenvalue weighted by molar-refractivity contribution is -0.123. The van der Waals surface area contributed by atoms with Gasteiger partial charge in [0.2, 0.25) is 0 Å². The number of nitrogens with one attached hydrogen (secondary N) is 1. The fraction of sp³-hybridized carbons (Fsp3) is 0.350. The van der Waals surface area contributed by atoms with Gasteiger partial charge >= 0.3 is 6.61 Å². The quantitative estimate of drug-likeness (QED) is 0.755. The minimum atomic E-state index is -2.93. The minimum absolute atomic E-state index is 0.0590. The van der Waals surface area contributed by atoms with Gasteiger partial charge < -0.3 is 19.5 Å². The van der Waals surface area contributed by atoms with Crippen molar-refractivity contribution in [3.05, 3.63) is 52.6 Å². The topological polar surface area (TPSA) is 56.8 Å². The highest BCUT2D eigenvalue weighted by Crippen LogP contribution is 2.29. The Balaban J connectivity index is 1.92. The molecule has 0 heterocycles. The maximum atomic E-state index is 12.3. The van der Waals surface area contributed by atoms with Gasteiger partial charge in [-0.05, 0) is 49.6 Å². The van der Waals surface area contributed by atoms with Gasteiger partial charge in [-0.2, -0.15) is 8.78 Å². The maximum absolute atomic E-state index is 12.3. The molecule has 0 fully saturated rings. The van der Waals surface area contributed by atoms with Crippen molar-refractivity contribution in [2.45, 2.75) is 33.9 Å². The Kier molecular flexibility index (Phi) is 6.98. The van der Waals surface area contributed by atoms with E-state index >= 15 is 0 Å². The van der Waals surface area contributed by atoms with E-state index in [1.165, 1.54) is 19.2 Å². The van der Waals surface area contributed by atoms with Gasteiger partial charge in [-0.25, -0.2) is 0 Å². The van der Waals surface area contributed by atoms with Crippen molar-refractivity contribution in [3.63, 3.8) is 0 Å². The Hall–Kier alpha value is -2.83. The first kappa shape index (κ1) is 20.5. The number of hydrogen-bond donors (Lipinski definition) is 1. The molecule has 0 aliphatic rings. The summed E-state index contributed by atoms with van der Waals surface area (Å²) in [6.45, 7) is 3.02. The average Bonchev–Trinajstić information content (AvgIpc) is 2.59. The number of methoxy groups -OCH3 is 1. The Morgan fingerprint density at radius 1 is 1.07 bits per heavy atom. The van der Waals surface area contributed by atoms with Gasteiger partial charge in [0.15, 0.2) is 18.1 Å². The Labute approximate surface area is 157 Å². The highest BCUT2D eigenvalue weighted by atomic mass is 19.3. The number of benzene rings is 2. The van der Waals surface area contributed by atoms with Gasteiger partial charge in [0.1, 0.15) is 5.75 Å². The van der Waals surface area contributed by atoms with Crippen LogP contribution in [-0.4, -0.2) is 26.2 Å². The first-order valence-corrected chi connectivity index (χ1v) is 8.39. The summed E-state index contributed by atoms with van der Waals surface area (Å²) in [7, 11) is 1.36. The number of halogens is 2. The zero-order valence-electron chi connectivity index (χ0n) is 15.8. The average molecular weight is 379 g/mol. The lowest BCUT2D eigenvalue weighted by Gasteiger charge is -2.14.